The van der Waals surface area contributed by atoms with Crippen molar-refractivity contribution in [2.24, 2.45) is 0 Å². The van der Waals surface area contributed by atoms with E-state index in [1.807, 2.05) is 13.8 Å². The number of hydrogen-bond donors (Lipinski definition) is 0. The summed E-state index contributed by atoms with van der Waals surface area (Å²) in [7, 11) is 0. The molecule has 0 saturated heterocycles. The van der Waals surface area contributed by atoms with E-state index in [1.54, 1.807) is 12.1 Å². The van der Waals surface area contributed by atoms with Gasteiger partial charge in [-0.15, -0.1) is 11.6 Å². The summed E-state index contributed by atoms with van der Waals surface area (Å²) in [5.41, 5.74) is 0.676. The number of hydrogen-bond acceptors (Lipinski definition) is 2. The van der Waals surface area contributed by atoms with Gasteiger partial charge in [-0.1, -0.05) is 31.5 Å². The third kappa shape index (κ3) is 2.86. The minimum atomic E-state index is -0.420. The third-order valence-electron chi connectivity index (χ3n) is 2.61. The molecule has 0 aliphatic rings. The molecule has 0 radical (unpaired) electrons. The fourth-order valence-corrected chi connectivity index (χ4v) is 1.91. The van der Waals surface area contributed by atoms with Gasteiger partial charge >= 0.3 is 0 Å². The number of rotatable bonds is 4. The van der Waals surface area contributed by atoms with Crippen LogP contribution in [0.2, 0.25) is 5.02 Å². The number of nitro groups is 1. The van der Waals surface area contributed by atoms with Crippen molar-refractivity contribution >= 4 is 28.9 Å². The van der Waals surface area contributed by atoms with Gasteiger partial charge in [0.05, 0.1) is 4.92 Å². The van der Waals surface area contributed by atoms with Gasteiger partial charge in [0.25, 0.3) is 5.69 Å². The molecule has 0 aromatic heterocycles. The molecular weight excluding hydrogens is 249 g/mol. The lowest BCUT2D eigenvalue weighted by molar-refractivity contribution is -0.385. The summed E-state index contributed by atoms with van der Waals surface area (Å²) in [5, 5.41) is 11.1. The molecule has 2 unspecified atom stereocenters. The zero-order chi connectivity index (χ0) is 12.3. The van der Waals surface area contributed by atoms with Crippen molar-refractivity contribution in [1.82, 2.24) is 0 Å². The molecule has 0 bridgehead atoms. The van der Waals surface area contributed by atoms with Crippen molar-refractivity contribution in [2.75, 3.05) is 0 Å². The second-order valence-electron chi connectivity index (χ2n) is 3.67. The first kappa shape index (κ1) is 13.3. The standard InChI is InChI=1S/C11H13Cl2NO2/c1-3-10(13)7(2)9-5-4-8(12)6-11(9)14(15)16/h4-7,10H,3H2,1-2H3. The summed E-state index contributed by atoms with van der Waals surface area (Å²) in [6, 6.07) is 4.70. The maximum absolute atomic E-state index is 10.9. The Kier molecular flexibility index (Phi) is 4.56. The molecule has 0 aliphatic heterocycles. The quantitative estimate of drug-likeness (QED) is 0.459. The highest BCUT2D eigenvalue weighted by atomic mass is 35.5. The van der Waals surface area contributed by atoms with E-state index in [0.717, 1.165) is 6.42 Å². The van der Waals surface area contributed by atoms with E-state index in [9.17, 15) is 10.1 Å². The molecule has 1 aromatic carbocycles. The Balaban J connectivity index is 3.17. The number of nitro benzene ring substituents is 1. The Morgan fingerprint density at radius 3 is 2.62 bits per heavy atom. The van der Waals surface area contributed by atoms with Gasteiger partial charge < -0.3 is 0 Å². The topological polar surface area (TPSA) is 43.1 Å². The lowest BCUT2D eigenvalue weighted by Crippen LogP contribution is -2.10. The largest absolute Gasteiger partial charge is 0.274 e. The fourth-order valence-electron chi connectivity index (χ4n) is 1.61. The highest BCUT2D eigenvalue weighted by molar-refractivity contribution is 6.30. The van der Waals surface area contributed by atoms with E-state index in [0.29, 0.717) is 10.6 Å². The van der Waals surface area contributed by atoms with E-state index < -0.39 is 4.92 Å². The smallest absolute Gasteiger partial charge is 0.258 e. The van der Waals surface area contributed by atoms with Crippen LogP contribution in [-0.4, -0.2) is 10.3 Å². The lowest BCUT2D eigenvalue weighted by Gasteiger charge is -2.16. The number of alkyl halides is 1. The van der Waals surface area contributed by atoms with Crippen molar-refractivity contribution in [1.29, 1.82) is 0 Å². The van der Waals surface area contributed by atoms with Crippen molar-refractivity contribution in [3.8, 4) is 0 Å². The predicted octanol–water partition coefficient (Wildman–Crippen LogP) is 4.37. The molecule has 0 heterocycles. The van der Waals surface area contributed by atoms with Crippen LogP contribution < -0.4 is 0 Å². The van der Waals surface area contributed by atoms with Crippen LogP contribution in [0.5, 0.6) is 0 Å². The van der Waals surface area contributed by atoms with Gasteiger partial charge in [0.15, 0.2) is 0 Å². The Bertz CT molecular complexity index is 396. The molecule has 0 saturated carbocycles. The average molecular weight is 262 g/mol. The Labute approximate surface area is 105 Å². The van der Waals surface area contributed by atoms with Crippen LogP contribution in [0.15, 0.2) is 18.2 Å². The van der Waals surface area contributed by atoms with Gasteiger partial charge in [-0.2, -0.15) is 0 Å². The number of halogens is 2. The highest BCUT2D eigenvalue weighted by Gasteiger charge is 2.23. The molecule has 0 amide bonds. The maximum atomic E-state index is 10.9. The number of nitrogens with zero attached hydrogens (tertiary/aromatic N) is 1. The van der Waals surface area contributed by atoms with E-state index in [-0.39, 0.29) is 17.0 Å². The second-order valence-corrected chi connectivity index (χ2v) is 4.67. The SMILES string of the molecule is CCC(Cl)C(C)c1ccc(Cl)cc1[N+](=O)[O-]. The maximum Gasteiger partial charge on any atom is 0.274 e. The van der Waals surface area contributed by atoms with Crippen LogP contribution in [0.3, 0.4) is 0 Å². The molecule has 2 atom stereocenters. The molecule has 1 aromatic rings. The van der Waals surface area contributed by atoms with Crippen molar-refractivity contribution in [2.45, 2.75) is 31.6 Å². The minimum Gasteiger partial charge on any atom is -0.258 e. The summed E-state index contributed by atoms with van der Waals surface area (Å²) in [5.74, 6) is -0.0654. The molecule has 0 aliphatic carbocycles. The first-order chi connectivity index (χ1) is 7.47. The van der Waals surface area contributed by atoms with Crippen LogP contribution in [0.1, 0.15) is 31.7 Å². The van der Waals surface area contributed by atoms with Gasteiger partial charge in [0.1, 0.15) is 0 Å². The van der Waals surface area contributed by atoms with Crippen LogP contribution in [0.25, 0.3) is 0 Å². The molecule has 0 spiro atoms. The van der Waals surface area contributed by atoms with Crippen molar-refractivity contribution in [3.63, 3.8) is 0 Å². The first-order valence-corrected chi connectivity index (χ1v) is 5.86. The zero-order valence-corrected chi connectivity index (χ0v) is 10.6. The van der Waals surface area contributed by atoms with Crippen molar-refractivity contribution < 1.29 is 4.92 Å². The normalized spacial score (nSPS) is 14.5. The van der Waals surface area contributed by atoms with Crippen LogP contribution in [0, 0.1) is 10.1 Å². The zero-order valence-electron chi connectivity index (χ0n) is 9.11. The molecule has 5 heteroatoms. The van der Waals surface area contributed by atoms with E-state index in [4.69, 9.17) is 23.2 Å². The van der Waals surface area contributed by atoms with E-state index in [1.165, 1.54) is 6.07 Å². The molecule has 0 fully saturated rings. The predicted molar refractivity (Wildman–Crippen MR) is 66.5 cm³/mol. The van der Waals surface area contributed by atoms with Gasteiger partial charge in [-0.25, -0.2) is 0 Å². The summed E-state index contributed by atoms with van der Waals surface area (Å²) < 4.78 is 0. The molecule has 3 nitrogen and oxygen atoms in total. The second kappa shape index (κ2) is 5.51. The molecule has 16 heavy (non-hydrogen) atoms. The van der Waals surface area contributed by atoms with E-state index >= 15 is 0 Å². The van der Waals surface area contributed by atoms with Crippen LogP contribution in [0.4, 0.5) is 5.69 Å². The Morgan fingerprint density at radius 1 is 1.50 bits per heavy atom. The Morgan fingerprint density at radius 2 is 2.12 bits per heavy atom. The monoisotopic (exact) mass is 261 g/mol. The van der Waals surface area contributed by atoms with Gasteiger partial charge in [0.2, 0.25) is 0 Å². The summed E-state index contributed by atoms with van der Waals surface area (Å²) in [6.07, 6.45) is 0.766. The molecule has 0 N–H and O–H groups in total. The van der Waals surface area contributed by atoms with Crippen LogP contribution in [-0.2, 0) is 0 Å². The van der Waals surface area contributed by atoms with Gasteiger partial charge in [-0.3, -0.25) is 10.1 Å². The first-order valence-electron chi connectivity index (χ1n) is 5.05. The van der Waals surface area contributed by atoms with Crippen LogP contribution >= 0.6 is 23.2 Å². The Hall–Kier alpha value is -0.800. The number of benzene rings is 1. The van der Waals surface area contributed by atoms with E-state index in [2.05, 4.69) is 0 Å². The summed E-state index contributed by atoms with van der Waals surface area (Å²) >= 11 is 11.9. The summed E-state index contributed by atoms with van der Waals surface area (Å²) in [6.45, 7) is 3.84. The fraction of sp³-hybridized carbons (Fsp3) is 0.455. The average Bonchev–Trinajstić information content (AvgIpc) is 2.26. The molecular formula is C11H13Cl2NO2. The van der Waals surface area contributed by atoms with Crippen molar-refractivity contribution in [3.05, 3.63) is 38.9 Å². The third-order valence-corrected chi connectivity index (χ3v) is 3.53. The molecule has 1 rings (SSSR count). The van der Waals surface area contributed by atoms with Gasteiger partial charge in [0, 0.05) is 27.9 Å². The lowest BCUT2D eigenvalue weighted by atomic mass is 9.94. The van der Waals surface area contributed by atoms with Gasteiger partial charge in [-0.05, 0) is 12.5 Å². The minimum absolute atomic E-state index is 0.0408. The summed E-state index contributed by atoms with van der Waals surface area (Å²) in [4.78, 5) is 10.5. The highest BCUT2D eigenvalue weighted by Crippen LogP contribution is 2.33. The molecule has 88 valence electrons.